The minimum absolute atomic E-state index is 0.00580. The molecule has 1 saturated heterocycles. The van der Waals surface area contributed by atoms with Gasteiger partial charge in [0, 0.05) is 11.2 Å². The van der Waals surface area contributed by atoms with Crippen LogP contribution in [-0.4, -0.2) is 23.3 Å². The number of aryl methyl sites for hydroxylation is 2. The molecule has 0 radical (unpaired) electrons. The van der Waals surface area contributed by atoms with Gasteiger partial charge in [-0.2, -0.15) is 0 Å². The van der Waals surface area contributed by atoms with Crippen molar-refractivity contribution >= 4 is 17.0 Å². The Balaban J connectivity index is 1.37. The van der Waals surface area contributed by atoms with Crippen LogP contribution in [0.3, 0.4) is 0 Å². The van der Waals surface area contributed by atoms with Crippen molar-refractivity contribution in [2.24, 2.45) is 0 Å². The molecule has 25 heavy (non-hydrogen) atoms. The van der Waals surface area contributed by atoms with Gasteiger partial charge in [-0.3, -0.25) is 0 Å². The van der Waals surface area contributed by atoms with Gasteiger partial charge >= 0.3 is 0 Å². The van der Waals surface area contributed by atoms with Gasteiger partial charge in [-0.1, -0.05) is 6.07 Å². The monoisotopic (exact) mass is 359 g/mol. The Hall–Kier alpha value is -1.01. The summed E-state index contributed by atoms with van der Waals surface area (Å²) in [6.07, 6.45) is 11.7. The minimum atomic E-state index is -1.15. The molecular weight excluding hydrogens is 330 g/mol. The van der Waals surface area contributed by atoms with E-state index in [2.05, 4.69) is 34.4 Å². The lowest BCUT2D eigenvalue weighted by Gasteiger charge is -2.19. The maximum atomic E-state index is 12.2. The highest BCUT2D eigenvalue weighted by Gasteiger charge is 2.26. The van der Waals surface area contributed by atoms with Crippen molar-refractivity contribution in [1.82, 2.24) is 10.0 Å². The predicted octanol–water partition coefficient (Wildman–Crippen LogP) is 2.94. The lowest BCUT2D eigenvalue weighted by molar-refractivity contribution is 0.519. The highest BCUT2D eigenvalue weighted by atomic mass is 32.2. The number of nitrogens with one attached hydrogen (secondary N) is 3. The fourth-order valence-corrected chi connectivity index (χ4v) is 5.28. The van der Waals surface area contributed by atoms with Gasteiger partial charge in [0.05, 0.1) is 11.4 Å². The molecule has 0 spiro atoms. The van der Waals surface area contributed by atoms with Crippen LogP contribution in [0.25, 0.3) is 0 Å². The molecule has 1 fully saturated rings. The zero-order chi connectivity index (χ0) is 17.3. The number of hydrogen-bond donors (Lipinski definition) is 3. The molecule has 0 saturated carbocycles. The zero-order valence-electron chi connectivity index (χ0n) is 15.1. The Morgan fingerprint density at radius 3 is 2.52 bits per heavy atom. The van der Waals surface area contributed by atoms with E-state index >= 15 is 0 Å². The molecule has 5 heteroatoms. The van der Waals surface area contributed by atoms with Gasteiger partial charge in [0.25, 0.3) is 0 Å². The average molecular weight is 360 g/mol. The summed E-state index contributed by atoms with van der Waals surface area (Å²) in [4.78, 5) is 0. The first-order valence-corrected chi connectivity index (χ1v) is 10.8. The largest absolute Gasteiger partial charge is 0.593 e. The first kappa shape index (κ1) is 17.4. The molecule has 3 N–H and O–H groups in total. The molecule has 1 heterocycles. The second-order valence-corrected chi connectivity index (χ2v) is 8.94. The third-order valence-electron chi connectivity index (χ3n) is 5.91. The number of benzene rings is 1. The van der Waals surface area contributed by atoms with Crippen LogP contribution in [0.5, 0.6) is 0 Å². The van der Waals surface area contributed by atoms with Crippen LogP contribution in [0, 0.1) is 0 Å². The number of hydrogen-bond acceptors (Lipinski definition) is 4. The highest BCUT2D eigenvalue weighted by Crippen LogP contribution is 2.38. The summed E-state index contributed by atoms with van der Waals surface area (Å²) in [6.45, 7) is 3.76. The summed E-state index contributed by atoms with van der Waals surface area (Å²) in [5.41, 5.74) is 7.42. The summed E-state index contributed by atoms with van der Waals surface area (Å²) in [6, 6.07) is 2.44. The number of anilines is 1. The molecule has 1 aromatic rings. The molecule has 3 aliphatic rings. The van der Waals surface area contributed by atoms with Gasteiger partial charge in [-0.15, -0.1) is 4.72 Å². The summed E-state index contributed by atoms with van der Waals surface area (Å²) >= 11 is -1.15. The van der Waals surface area contributed by atoms with E-state index in [9.17, 15) is 4.55 Å². The molecule has 4 rings (SSSR count). The maximum Gasteiger partial charge on any atom is 0.136 e. The van der Waals surface area contributed by atoms with E-state index in [-0.39, 0.29) is 5.54 Å². The van der Waals surface area contributed by atoms with Crippen LogP contribution in [0.1, 0.15) is 54.9 Å². The van der Waals surface area contributed by atoms with Gasteiger partial charge < -0.3 is 15.2 Å². The third kappa shape index (κ3) is 3.75. The van der Waals surface area contributed by atoms with Gasteiger partial charge in [0.15, 0.2) is 0 Å². The summed E-state index contributed by atoms with van der Waals surface area (Å²) < 4.78 is 15.3. The highest BCUT2D eigenvalue weighted by molar-refractivity contribution is 7.92. The molecule has 0 aromatic heterocycles. The Labute approximate surface area is 154 Å². The van der Waals surface area contributed by atoms with Crippen LogP contribution in [-0.2, 0) is 37.0 Å². The van der Waals surface area contributed by atoms with E-state index < -0.39 is 11.4 Å². The van der Waals surface area contributed by atoms with E-state index in [1.54, 1.807) is 5.41 Å². The van der Waals surface area contributed by atoms with Crippen molar-refractivity contribution in [3.05, 3.63) is 39.8 Å². The molecule has 0 amide bonds. The Kier molecular flexibility index (Phi) is 5.09. The quantitative estimate of drug-likeness (QED) is 0.540. The molecule has 1 aromatic carbocycles. The lowest BCUT2D eigenvalue weighted by atomic mass is 9.99. The second kappa shape index (κ2) is 7.31. The van der Waals surface area contributed by atoms with Crippen molar-refractivity contribution in [3.8, 4) is 0 Å². The first-order valence-electron chi connectivity index (χ1n) is 9.63. The molecule has 136 valence electrons. The summed E-state index contributed by atoms with van der Waals surface area (Å²) in [5, 5.41) is 8.81. The van der Waals surface area contributed by atoms with E-state index in [0.717, 1.165) is 13.0 Å². The topological polar surface area (TPSA) is 59.1 Å². The fraction of sp³-hybridized carbons (Fsp3) is 0.600. The zero-order valence-corrected chi connectivity index (χ0v) is 15.9. The van der Waals surface area contributed by atoms with Crippen LogP contribution < -0.4 is 15.4 Å². The predicted molar refractivity (Wildman–Crippen MR) is 105 cm³/mol. The van der Waals surface area contributed by atoms with Crippen molar-refractivity contribution in [1.29, 1.82) is 0 Å². The SMILES string of the molecule is C[C@]1(/C=C/[S+]([O-])NCNc2c3c(cc4c2CCC4)CCC3)CCCN1. The molecule has 2 aliphatic carbocycles. The molecule has 0 bridgehead atoms. The molecule has 2 atom stereocenters. The van der Waals surface area contributed by atoms with Gasteiger partial charge in [0.2, 0.25) is 0 Å². The van der Waals surface area contributed by atoms with Crippen molar-refractivity contribution in [2.45, 2.75) is 63.8 Å². The van der Waals surface area contributed by atoms with Crippen molar-refractivity contribution < 1.29 is 4.55 Å². The smallest absolute Gasteiger partial charge is 0.136 e. The Morgan fingerprint density at radius 1 is 1.16 bits per heavy atom. The van der Waals surface area contributed by atoms with Crippen LogP contribution in [0.15, 0.2) is 17.6 Å². The maximum absolute atomic E-state index is 12.2. The molecule has 4 nitrogen and oxygen atoms in total. The summed E-state index contributed by atoms with van der Waals surface area (Å²) in [7, 11) is 0. The average Bonchev–Trinajstić information content (AvgIpc) is 3.33. The van der Waals surface area contributed by atoms with E-state index in [1.165, 1.54) is 72.9 Å². The molecular formula is C20H29N3OS. The Morgan fingerprint density at radius 2 is 1.88 bits per heavy atom. The minimum Gasteiger partial charge on any atom is -0.593 e. The van der Waals surface area contributed by atoms with Crippen LogP contribution >= 0.6 is 0 Å². The van der Waals surface area contributed by atoms with Crippen molar-refractivity contribution in [3.63, 3.8) is 0 Å². The number of rotatable bonds is 6. The molecule has 1 aliphatic heterocycles. The van der Waals surface area contributed by atoms with Gasteiger partial charge in [0.1, 0.15) is 12.1 Å². The Bertz CT molecular complexity index is 635. The van der Waals surface area contributed by atoms with Crippen LogP contribution in [0.4, 0.5) is 5.69 Å². The van der Waals surface area contributed by atoms with Crippen LogP contribution in [0.2, 0.25) is 0 Å². The van der Waals surface area contributed by atoms with E-state index in [4.69, 9.17) is 0 Å². The lowest BCUT2D eigenvalue weighted by Crippen LogP contribution is -2.34. The normalized spacial score (nSPS) is 26.2. The summed E-state index contributed by atoms with van der Waals surface area (Å²) in [5.74, 6) is 0. The fourth-order valence-electron chi connectivity index (χ4n) is 4.55. The number of fused-ring (bicyclic) bond motifs is 2. The third-order valence-corrected chi connectivity index (χ3v) is 6.73. The van der Waals surface area contributed by atoms with Crippen molar-refractivity contribution in [2.75, 3.05) is 18.5 Å². The molecule has 1 unspecified atom stereocenters. The van der Waals surface area contributed by atoms with Gasteiger partial charge in [-0.05, 0) is 93.2 Å². The first-order chi connectivity index (χ1) is 12.1. The second-order valence-electron chi connectivity index (χ2n) is 7.78. The van der Waals surface area contributed by atoms with E-state index in [0.29, 0.717) is 6.67 Å². The van der Waals surface area contributed by atoms with Gasteiger partial charge in [-0.25, -0.2) is 0 Å². The van der Waals surface area contributed by atoms with E-state index in [1.807, 2.05) is 0 Å². The standard InChI is InChI=1S/C20H29N3OS/c1-20(9-4-11-22-20)10-12-25(24)23-14-21-19-17-7-2-5-15(17)13-16-6-3-8-18(16)19/h10,12-13,21-23H,2-9,11,14H2,1H3/b12-10+/t20-,25?/m1/s1.